The van der Waals surface area contributed by atoms with E-state index in [2.05, 4.69) is 26.6 Å². The molecule has 0 radical (unpaired) electrons. The number of urea groups is 1. The first-order chi connectivity index (χ1) is 38.7. The number of fused-ring (bicyclic) bond motifs is 2. The number of ketones is 1. The molecule has 6 N–H and O–H groups in total. The molecule has 4 aliphatic rings. The Kier molecular flexibility index (Phi) is 24.9. The molecule has 1 aromatic rings. The zero-order valence-corrected chi connectivity index (χ0v) is 51.1. The number of unbranched alkanes of at least 4 members (excludes halogenated alkanes) is 1. The predicted octanol–water partition coefficient (Wildman–Crippen LogP) is 3.67. The van der Waals surface area contributed by atoms with Gasteiger partial charge >= 0.3 is 18.0 Å². The number of esters is 2. The molecule has 0 saturated carbocycles. The van der Waals surface area contributed by atoms with E-state index in [4.69, 9.17) is 14.2 Å². The van der Waals surface area contributed by atoms with E-state index in [-0.39, 0.29) is 79.8 Å². The summed E-state index contributed by atoms with van der Waals surface area (Å²) in [4.78, 5) is 146. The number of hydrogen-bond donors (Lipinski definition) is 6. The van der Waals surface area contributed by atoms with E-state index >= 15 is 4.79 Å². The molecule has 8 amide bonds. The molecule has 5 rings (SSSR count). The number of carbonyl (C=O) groups is 10. The van der Waals surface area contributed by atoms with Gasteiger partial charge in [0.25, 0.3) is 0 Å². The van der Waals surface area contributed by atoms with Gasteiger partial charge in [-0.1, -0.05) is 80.4 Å². The van der Waals surface area contributed by atoms with Crippen LogP contribution in [0, 0.1) is 29.6 Å². The van der Waals surface area contributed by atoms with Crippen LogP contribution in [0.3, 0.4) is 0 Å². The van der Waals surface area contributed by atoms with Gasteiger partial charge in [-0.05, 0) is 93.7 Å². The molecule has 4 saturated heterocycles. The maximum Gasteiger partial charge on any atom is 0.329 e. The number of thioether (sulfide) groups is 1. The van der Waals surface area contributed by atoms with Crippen LogP contribution in [-0.2, 0) is 59.0 Å². The van der Waals surface area contributed by atoms with E-state index in [1.165, 1.54) is 49.8 Å². The van der Waals surface area contributed by atoms with E-state index in [0.717, 1.165) is 12.2 Å². The van der Waals surface area contributed by atoms with E-state index in [1.54, 1.807) is 63.7 Å². The van der Waals surface area contributed by atoms with Crippen molar-refractivity contribution < 1.29 is 67.3 Å². The van der Waals surface area contributed by atoms with Gasteiger partial charge in [-0.2, -0.15) is 11.8 Å². The minimum atomic E-state index is -1.70. The number of nitrogens with zero attached hydrogens (tertiary/aromatic N) is 3. The minimum Gasteiger partial charge on any atom is -0.497 e. The molecule has 1 aromatic carbocycles. The predicted molar refractivity (Wildman–Crippen MR) is 308 cm³/mol. The normalized spacial score (nSPS) is 29.0. The number of hydrogen-bond acceptors (Lipinski definition) is 15. The number of amides is 8. The van der Waals surface area contributed by atoms with Crippen LogP contribution in [0.4, 0.5) is 4.79 Å². The number of Topliss-reactive ketones (excluding diaryl/α,β-unsaturated/α-hetero) is 1. The van der Waals surface area contributed by atoms with E-state index in [1.807, 2.05) is 27.7 Å². The molecule has 14 atom stereocenters. The van der Waals surface area contributed by atoms with Crippen molar-refractivity contribution in [2.24, 2.45) is 29.6 Å². The molecule has 458 valence electrons. The fourth-order valence-corrected chi connectivity index (χ4v) is 12.8. The summed E-state index contributed by atoms with van der Waals surface area (Å²) in [6.07, 6.45) is -1.90. The van der Waals surface area contributed by atoms with Crippen LogP contribution in [0.1, 0.15) is 139 Å². The average Bonchev–Trinajstić information content (AvgIpc) is 4.22. The number of rotatable bonds is 18. The highest BCUT2D eigenvalue weighted by Gasteiger charge is 2.46. The van der Waals surface area contributed by atoms with Gasteiger partial charge in [-0.15, -0.1) is 0 Å². The maximum absolute atomic E-state index is 15.0. The summed E-state index contributed by atoms with van der Waals surface area (Å²) in [5.41, 5.74) is 0.594. The lowest BCUT2D eigenvalue weighted by molar-refractivity contribution is -0.163. The molecule has 0 aromatic heterocycles. The minimum absolute atomic E-state index is 0.0194. The van der Waals surface area contributed by atoms with Crippen LogP contribution in [0.25, 0.3) is 0 Å². The maximum atomic E-state index is 15.0. The molecule has 0 bridgehead atoms. The van der Waals surface area contributed by atoms with Crippen LogP contribution < -0.4 is 31.3 Å². The van der Waals surface area contributed by atoms with Crippen molar-refractivity contribution >= 4 is 71.0 Å². The molecule has 82 heavy (non-hydrogen) atoms. The van der Waals surface area contributed by atoms with Crippen molar-refractivity contribution in [2.45, 2.75) is 212 Å². The Morgan fingerprint density at radius 1 is 0.890 bits per heavy atom. The monoisotopic (exact) mass is 1170 g/mol. The Morgan fingerprint density at radius 2 is 1.57 bits per heavy atom. The smallest absolute Gasteiger partial charge is 0.329 e. The van der Waals surface area contributed by atoms with Gasteiger partial charge in [0, 0.05) is 44.5 Å². The first-order valence-corrected chi connectivity index (χ1v) is 30.4. The van der Waals surface area contributed by atoms with Crippen molar-refractivity contribution in [2.75, 3.05) is 33.5 Å². The highest BCUT2D eigenvalue weighted by Crippen LogP contribution is 2.34. The third-order valence-electron chi connectivity index (χ3n) is 16.4. The highest BCUT2D eigenvalue weighted by molar-refractivity contribution is 8.00. The number of benzene rings is 1. The quantitative estimate of drug-likeness (QED) is 0.0529. The molecule has 22 nitrogen and oxygen atoms in total. The molecule has 23 heteroatoms. The summed E-state index contributed by atoms with van der Waals surface area (Å²) in [6, 6.07) is -0.891. The van der Waals surface area contributed by atoms with Crippen molar-refractivity contribution in [3.63, 3.8) is 0 Å². The lowest BCUT2D eigenvalue weighted by Crippen LogP contribution is -2.61. The number of likely N-dealkylation sites (N-methyl/N-ethyl adjacent to an activating group) is 2. The molecule has 4 aliphatic heterocycles. The van der Waals surface area contributed by atoms with Gasteiger partial charge in [-0.3, -0.25) is 38.4 Å². The second-order valence-corrected chi connectivity index (χ2v) is 25.3. The number of nitrogens with one attached hydrogen (secondary N) is 5. The fourth-order valence-electron chi connectivity index (χ4n) is 11.2. The van der Waals surface area contributed by atoms with Gasteiger partial charge in [0.15, 0.2) is 11.9 Å². The topological polar surface area (TPSA) is 288 Å². The van der Waals surface area contributed by atoms with Crippen molar-refractivity contribution in [3.05, 3.63) is 29.8 Å². The molecule has 3 unspecified atom stereocenters. The second-order valence-electron chi connectivity index (χ2n) is 24.0. The Balaban J connectivity index is 1.54. The van der Waals surface area contributed by atoms with Gasteiger partial charge in [0.05, 0.1) is 43.7 Å². The van der Waals surface area contributed by atoms with Crippen molar-refractivity contribution in [1.82, 2.24) is 41.3 Å². The second kappa shape index (κ2) is 30.5. The molecule has 0 aliphatic carbocycles. The first kappa shape index (κ1) is 66.8. The number of methoxy groups -OCH3 is 1. The lowest BCUT2D eigenvalue weighted by atomic mass is 9.91. The Labute approximate surface area is 488 Å². The summed E-state index contributed by atoms with van der Waals surface area (Å²) in [5.74, 6) is -8.10. The fraction of sp³-hybridized carbons (Fsp3) is 0.729. The van der Waals surface area contributed by atoms with Gasteiger partial charge in [0.1, 0.15) is 42.1 Å². The number of ether oxygens (including phenoxy) is 3. The molecular weight excluding hydrogens is 1080 g/mol. The van der Waals surface area contributed by atoms with E-state index in [0.29, 0.717) is 37.0 Å². The summed E-state index contributed by atoms with van der Waals surface area (Å²) in [7, 11) is 4.45. The SMILES string of the molecule is CC[C@H](C)[C@H]1NC(=O)[C@@H](NC(=O)[C@@H](CC(C)C)N(C)C(=O)CCCCC2SCC3NC(=O)NC32)[C@H](C)OC(=O)[C@H](Cc2ccc(OC)cc2)N(C)C(=O)[C@@H]2CCCN2C(=O)[C@@H](CC(C)C)NC(=O)[C@@H](C)C(=O)[C@@H](C(C)C)OC(=O)C[C@H]1O. The number of aliphatic hydroxyl groups excluding tert-OH is 1. The highest BCUT2D eigenvalue weighted by atomic mass is 32.2. The summed E-state index contributed by atoms with van der Waals surface area (Å²) >= 11 is 1.78. The zero-order chi connectivity index (χ0) is 60.9. The van der Waals surface area contributed by atoms with Crippen LogP contribution in [0.15, 0.2) is 24.3 Å². The first-order valence-electron chi connectivity index (χ1n) is 29.3. The van der Waals surface area contributed by atoms with Crippen molar-refractivity contribution in [3.8, 4) is 5.75 Å². The van der Waals surface area contributed by atoms with E-state index < -0.39 is 126 Å². The van der Waals surface area contributed by atoms with E-state index in [9.17, 15) is 48.3 Å². The van der Waals surface area contributed by atoms with Gasteiger partial charge < -0.3 is 60.6 Å². The van der Waals surface area contributed by atoms with Crippen LogP contribution in [0.2, 0.25) is 0 Å². The number of carbonyl (C=O) groups excluding carboxylic acids is 10. The molecule has 4 fully saturated rings. The molecular formula is C59H92N8O14S. The summed E-state index contributed by atoms with van der Waals surface area (Å²) in [5, 5.41) is 26.4. The Hall–Kier alpha value is -5.97. The van der Waals surface area contributed by atoms with Crippen molar-refractivity contribution in [1.29, 1.82) is 0 Å². The number of cyclic esters (lactones) is 2. The van der Waals surface area contributed by atoms with Crippen LogP contribution in [-0.4, -0.2) is 184 Å². The lowest BCUT2D eigenvalue weighted by Gasteiger charge is -2.36. The summed E-state index contributed by atoms with van der Waals surface area (Å²) < 4.78 is 17.3. The van der Waals surface area contributed by atoms with Gasteiger partial charge in [0.2, 0.25) is 35.4 Å². The molecule has 4 heterocycles. The Bertz CT molecular complexity index is 2430. The Morgan fingerprint density at radius 3 is 2.20 bits per heavy atom. The standard InChI is InChI=1S/C59H92N8O14S/c1-14-34(8)48-44(68)29-47(70)81-52(33(6)7)51(71)35(9)53(72)60-39(26-31(2)3)56(75)67-25-17-18-41(67)57(76)66(12)43(28-37-21-23-38(79-13)24-22-37)58(77)80-36(10)49(55(74)62-48)63-54(73)42(27-32(4)5)65(11)46(69)20-16-15-19-45-50-40(30-82-45)61-59(78)64-50/h21-24,31-36,39-45,48-50,52,68H,14-20,25-30H2,1-13H3,(H,60,72)(H,62,74)(H,63,73)(H2,61,64,78)/t34-,35-,36-,39+,40?,41-,42+,43-,44+,45?,48+,49-,50?,52+/m0/s1. The van der Waals surface area contributed by atoms with Gasteiger partial charge in [-0.25, -0.2) is 9.59 Å². The molecule has 0 spiro atoms. The zero-order valence-electron chi connectivity index (χ0n) is 50.3. The average molecular weight is 1170 g/mol. The third-order valence-corrected chi connectivity index (χ3v) is 17.9. The van der Waals surface area contributed by atoms with Crippen LogP contribution >= 0.6 is 11.8 Å². The largest absolute Gasteiger partial charge is 0.497 e. The third kappa shape index (κ3) is 17.5. The number of aliphatic hydroxyl groups is 1. The van der Waals surface area contributed by atoms with Crippen LogP contribution in [0.5, 0.6) is 5.75 Å². The summed E-state index contributed by atoms with van der Waals surface area (Å²) in [6.45, 7) is 17.2.